The van der Waals surface area contributed by atoms with Crippen molar-refractivity contribution in [2.75, 3.05) is 26.9 Å². The van der Waals surface area contributed by atoms with E-state index in [9.17, 15) is 9.59 Å². The lowest BCUT2D eigenvalue weighted by Gasteiger charge is -2.27. The summed E-state index contributed by atoms with van der Waals surface area (Å²) in [5.74, 6) is 0.728. The maximum Gasteiger partial charge on any atom is 0.359 e. The Balaban J connectivity index is 1.58. The second kappa shape index (κ2) is 9.55. The summed E-state index contributed by atoms with van der Waals surface area (Å²) in [7, 11) is 1.61. The lowest BCUT2D eigenvalue weighted by Crippen LogP contribution is -2.39. The van der Waals surface area contributed by atoms with Crippen LogP contribution in [0.2, 0.25) is 0 Å². The molecule has 3 aromatic rings. The van der Waals surface area contributed by atoms with Crippen molar-refractivity contribution in [3.8, 4) is 17.2 Å². The fourth-order valence-corrected chi connectivity index (χ4v) is 3.69. The van der Waals surface area contributed by atoms with Crippen LogP contribution in [-0.2, 0) is 22.5 Å². The number of nitrogens with zero attached hydrogens (tertiary/aromatic N) is 3. The van der Waals surface area contributed by atoms with Gasteiger partial charge in [0.05, 0.1) is 31.6 Å². The van der Waals surface area contributed by atoms with E-state index in [0.717, 1.165) is 17.1 Å². The van der Waals surface area contributed by atoms with Gasteiger partial charge in [-0.2, -0.15) is 5.10 Å². The highest BCUT2D eigenvalue weighted by Gasteiger charge is 2.31. The number of rotatable bonds is 7. The summed E-state index contributed by atoms with van der Waals surface area (Å²) in [6.45, 7) is 2.71. The summed E-state index contributed by atoms with van der Waals surface area (Å²) < 4.78 is 17.8. The van der Waals surface area contributed by atoms with Crippen LogP contribution in [0.4, 0.5) is 0 Å². The molecule has 4 rings (SSSR count). The number of fused-ring (bicyclic) bond motifs is 1. The molecule has 32 heavy (non-hydrogen) atoms. The molecule has 0 unspecified atom stereocenters. The van der Waals surface area contributed by atoms with Gasteiger partial charge < -0.3 is 19.1 Å². The number of hydrogen-bond acceptors (Lipinski definition) is 6. The van der Waals surface area contributed by atoms with Crippen molar-refractivity contribution in [2.24, 2.45) is 0 Å². The fraction of sp³-hybridized carbons (Fsp3) is 0.292. The molecule has 1 aliphatic heterocycles. The van der Waals surface area contributed by atoms with Crippen molar-refractivity contribution < 1.29 is 23.8 Å². The third-order valence-corrected chi connectivity index (χ3v) is 5.30. The van der Waals surface area contributed by atoms with Gasteiger partial charge in [-0.3, -0.25) is 4.79 Å². The highest BCUT2D eigenvalue weighted by molar-refractivity contribution is 5.90. The third-order valence-electron chi connectivity index (χ3n) is 5.30. The van der Waals surface area contributed by atoms with Gasteiger partial charge in [0.25, 0.3) is 5.91 Å². The van der Waals surface area contributed by atoms with Gasteiger partial charge in [-0.15, -0.1) is 0 Å². The van der Waals surface area contributed by atoms with Crippen molar-refractivity contribution >= 4 is 11.9 Å². The predicted octanol–water partition coefficient (Wildman–Crippen LogP) is 3.02. The van der Waals surface area contributed by atoms with E-state index in [0.29, 0.717) is 24.3 Å². The topological polar surface area (TPSA) is 82.9 Å². The van der Waals surface area contributed by atoms with Gasteiger partial charge in [0.1, 0.15) is 11.5 Å². The molecule has 0 saturated carbocycles. The quantitative estimate of drug-likeness (QED) is 0.531. The smallest absolute Gasteiger partial charge is 0.359 e. The summed E-state index contributed by atoms with van der Waals surface area (Å²) in [5, 5.41) is 4.56. The molecular formula is C24H25N3O5. The minimum absolute atomic E-state index is 0.0687. The monoisotopic (exact) mass is 435 g/mol. The molecule has 0 radical (unpaired) electrons. The highest BCUT2D eigenvalue weighted by atomic mass is 16.5. The molecule has 0 spiro atoms. The zero-order valence-corrected chi connectivity index (χ0v) is 18.1. The fourth-order valence-electron chi connectivity index (χ4n) is 3.69. The van der Waals surface area contributed by atoms with Gasteiger partial charge in [-0.25, -0.2) is 9.48 Å². The molecule has 2 aromatic carbocycles. The van der Waals surface area contributed by atoms with Crippen LogP contribution in [0.3, 0.4) is 0 Å². The summed E-state index contributed by atoms with van der Waals surface area (Å²) in [6.07, 6.45) is 0.560. The summed E-state index contributed by atoms with van der Waals surface area (Å²) >= 11 is 0. The van der Waals surface area contributed by atoms with E-state index in [1.54, 1.807) is 35.7 Å². The Kier molecular flexibility index (Phi) is 6.39. The number of amides is 1. The molecule has 1 aromatic heterocycles. The van der Waals surface area contributed by atoms with Crippen molar-refractivity contribution in [1.29, 1.82) is 0 Å². The Morgan fingerprint density at radius 3 is 2.47 bits per heavy atom. The minimum atomic E-state index is -0.495. The average molecular weight is 435 g/mol. The third kappa shape index (κ3) is 4.44. The van der Waals surface area contributed by atoms with E-state index < -0.39 is 5.97 Å². The van der Waals surface area contributed by atoms with Crippen molar-refractivity contribution in [1.82, 2.24) is 14.7 Å². The van der Waals surface area contributed by atoms with E-state index in [-0.39, 0.29) is 31.4 Å². The van der Waals surface area contributed by atoms with Crippen LogP contribution >= 0.6 is 0 Å². The number of methoxy groups -OCH3 is 1. The second-order valence-electron chi connectivity index (χ2n) is 7.27. The molecule has 1 amide bonds. The second-order valence-corrected chi connectivity index (χ2v) is 7.27. The van der Waals surface area contributed by atoms with Crippen LogP contribution < -0.4 is 9.47 Å². The summed E-state index contributed by atoms with van der Waals surface area (Å²) in [5.41, 5.74) is 2.65. The van der Waals surface area contributed by atoms with Gasteiger partial charge in [0, 0.05) is 18.5 Å². The molecule has 1 aliphatic rings. The van der Waals surface area contributed by atoms with E-state index in [1.807, 2.05) is 42.5 Å². The molecule has 0 N–H and O–H groups in total. The lowest BCUT2D eigenvalue weighted by atomic mass is 10.0. The molecule has 8 nitrogen and oxygen atoms in total. The first-order valence-corrected chi connectivity index (χ1v) is 10.5. The molecule has 0 saturated heterocycles. The summed E-state index contributed by atoms with van der Waals surface area (Å²) in [6, 6.07) is 16.6. The molecule has 2 heterocycles. The number of carbonyl (C=O) groups is 2. The van der Waals surface area contributed by atoms with Crippen LogP contribution in [0.15, 0.2) is 54.6 Å². The number of hydrogen-bond donors (Lipinski definition) is 0. The molecule has 0 atom stereocenters. The largest absolute Gasteiger partial charge is 0.497 e. The van der Waals surface area contributed by atoms with Crippen LogP contribution in [-0.4, -0.2) is 53.4 Å². The first-order chi connectivity index (χ1) is 15.6. The van der Waals surface area contributed by atoms with E-state index >= 15 is 0 Å². The predicted molar refractivity (Wildman–Crippen MR) is 117 cm³/mol. The minimum Gasteiger partial charge on any atom is -0.497 e. The van der Waals surface area contributed by atoms with Gasteiger partial charge in [0.15, 0.2) is 12.3 Å². The lowest BCUT2D eigenvalue weighted by molar-refractivity contribution is -0.134. The molecule has 0 bridgehead atoms. The normalized spacial score (nSPS) is 12.8. The van der Waals surface area contributed by atoms with Crippen molar-refractivity contribution in [3.63, 3.8) is 0 Å². The van der Waals surface area contributed by atoms with Crippen LogP contribution in [0.25, 0.3) is 5.69 Å². The van der Waals surface area contributed by atoms with Crippen molar-refractivity contribution in [2.45, 2.75) is 19.9 Å². The van der Waals surface area contributed by atoms with Crippen LogP contribution in [0.5, 0.6) is 11.5 Å². The number of para-hydroxylation sites is 1. The standard InChI is InChI=1S/C24H25N3O5/c1-3-31-24(29)23-20-15-26(22(28)16-32-19-7-5-4-6-8-19)14-13-21(20)27(25-23)17-9-11-18(30-2)12-10-17/h4-12H,3,13-16H2,1-2H3. The number of benzene rings is 2. The number of esters is 1. The van der Waals surface area contributed by atoms with Gasteiger partial charge in [-0.05, 0) is 43.3 Å². The molecular weight excluding hydrogens is 410 g/mol. The van der Waals surface area contributed by atoms with Crippen molar-refractivity contribution in [3.05, 3.63) is 71.5 Å². The average Bonchev–Trinajstić information content (AvgIpc) is 3.22. The Morgan fingerprint density at radius 1 is 1.03 bits per heavy atom. The van der Waals surface area contributed by atoms with Gasteiger partial charge in [-0.1, -0.05) is 18.2 Å². The zero-order chi connectivity index (χ0) is 22.5. The van der Waals surface area contributed by atoms with E-state index in [1.165, 1.54) is 0 Å². The van der Waals surface area contributed by atoms with Crippen LogP contribution in [0.1, 0.15) is 28.7 Å². The SMILES string of the molecule is CCOC(=O)c1nn(-c2ccc(OC)cc2)c2c1CN(C(=O)COc1ccccc1)CC2. The molecule has 0 fully saturated rings. The molecule has 0 aliphatic carbocycles. The van der Waals surface area contributed by atoms with E-state index in [2.05, 4.69) is 5.10 Å². The maximum atomic E-state index is 12.8. The molecule has 8 heteroatoms. The number of aromatic nitrogens is 2. The first kappa shape index (κ1) is 21.4. The van der Waals surface area contributed by atoms with Gasteiger partial charge in [0.2, 0.25) is 0 Å². The number of carbonyl (C=O) groups excluding carboxylic acids is 2. The maximum absolute atomic E-state index is 12.8. The molecule has 166 valence electrons. The Labute approximate surface area is 186 Å². The zero-order valence-electron chi connectivity index (χ0n) is 18.1. The Bertz CT molecular complexity index is 1090. The number of ether oxygens (including phenoxy) is 3. The van der Waals surface area contributed by atoms with E-state index in [4.69, 9.17) is 14.2 Å². The Morgan fingerprint density at radius 2 is 1.78 bits per heavy atom. The Hall–Kier alpha value is -3.81. The van der Waals surface area contributed by atoms with Gasteiger partial charge >= 0.3 is 5.97 Å². The first-order valence-electron chi connectivity index (χ1n) is 10.5. The van der Waals surface area contributed by atoms with Crippen LogP contribution in [0, 0.1) is 0 Å². The highest BCUT2D eigenvalue weighted by Crippen LogP contribution is 2.27. The summed E-state index contributed by atoms with van der Waals surface area (Å²) in [4.78, 5) is 27.1.